The van der Waals surface area contributed by atoms with Crippen LogP contribution in [0.4, 0.5) is 4.39 Å². The summed E-state index contributed by atoms with van der Waals surface area (Å²) in [4.78, 5) is 16.9. The van der Waals surface area contributed by atoms with Gasteiger partial charge in [-0.15, -0.1) is 0 Å². The number of halogens is 1. The van der Waals surface area contributed by atoms with Gasteiger partial charge in [0.25, 0.3) is 5.91 Å². The van der Waals surface area contributed by atoms with E-state index in [4.69, 9.17) is 5.21 Å². The molecule has 0 aromatic heterocycles. The number of amides is 1. The first-order valence-electron chi connectivity index (χ1n) is 10.4. The fourth-order valence-electron chi connectivity index (χ4n) is 5.77. The van der Waals surface area contributed by atoms with Gasteiger partial charge in [0.05, 0.1) is 0 Å². The van der Waals surface area contributed by atoms with Gasteiger partial charge in [-0.2, -0.15) is 0 Å². The Morgan fingerprint density at radius 1 is 1.15 bits per heavy atom. The maximum atomic E-state index is 14.6. The van der Waals surface area contributed by atoms with Gasteiger partial charge in [0.1, 0.15) is 5.82 Å². The second-order valence-electron chi connectivity index (χ2n) is 8.84. The summed E-state index contributed by atoms with van der Waals surface area (Å²) in [7, 11) is 0. The van der Waals surface area contributed by atoms with Crippen molar-refractivity contribution < 1.29 is 14.4 Å². The van der Waals surface area contributed by atoms with Crippen molar-refractivity contribution in [1.82, 2.24) is 15.3 Å². The summed E-state index contributed by atoms with van der Waals surface area (Å²) >= 11 is 0. The number of piperidine rings is 2. The maximum absolute atomic E-state index is 14.6. The molecule has 2 aliphatic carbocycles. The molecule has 27 heavy (non-hydrogen) atoms. The van der Waals surface area contributed by atoms with Crippen LogP contribution in [0.3, 0.4) is 0 Å². The van der Waals surface area contributed by atoms with E-state index in [-0.39, 0.29) is 11.4 Å². The van der Waals surface area contributed by atoms with E-state index >= 15 is 0 Å². The minimum Gasteiger partial charge on any atom is -0.297 e. The number of hydrogen-bond acceptors (Lipinski definition) is 4. The number of benzene rings is 1. The number of carbonyl (C=O) groups is 1. The summed E-state index contributed by atoms with van der Waals surface area (Å²) in [5.74, 6) is -0.185. The molecular weight excluding hydrogens is 345 g/mol. The normalized spacial score (nSPS) is 31.0. The van der Waals surface area contributed by atoms with Crippen LogP contribution in [-0.2, 0) is 13.0 Å². The molecule has 3 aliphatic heterocycles. The average Bonchev–Trinajstić information content (AvgIpc) is 3.53. The van der Waals surface area contributed by atoms with Crippen LogP contribution < -0.4 is 5.48 Å². The number of rotatable bonds is 4. The minimum atomic E-state index is -0.655. The molecule has 1 aromatic carbocycles. The zero-order valence-electron chi connectivity index (χ0n) is 15.7. The molecular formula is C21H28FN3O2. The van der Waals surface area contributed by atoms with Crippen molar-refractivity contribution in [2.45, 2.75) is 69.6 Å². The van der Waals surface area contributed by atoms with Crippen LogP contribution in [-0.4, -0.2) is 52.1 Å². The Balaban J connectivity index is 1.33. The van der Waals surface area contributed by atoms with Gasteiger partial charge in [-0.05, 0) is 68.6 Å². The zero-order valence-corrected chi connectivity index (χ0v) is 15.7. The standard InChI is InChI=1S/C21H28FN3O2/c22-19-10-15(21(26)23-27)9-14-7-8-24(11-18(14)19)12-20-13-1-3-16(4-2-13)25(20)17-5-6-17/h9-10,13,16-17,20,27H,1-8,11-12H2,(H,23,26). The Morgan fingerprint density at radius 3 is 2.52 bits per heavy atom. The van der Waals surface area contributed by atoms with Crippen LogP contribution >= 0.6 is 0 Å². The molecule has 3 heterocycles. The van der Waals surface area contributed by atoms with Crippen LogP contribution in [0, 0.1) is 11.7 Å². The molecule has 146 valence electrons. The summed E-state index contributed by atoms with van der Waals surface area (Å²) < 4.78 is 14.6. The van der Waals surface area contributed by atoms with Crippen molar-refractivity contribution >= 4 is 5.91 Å². The second kappa shape index (κ2) is 6.83. The van der Waals surface area contributed by atoms with Crippen molar-refractivity contribution in [2.75, 3.05) is 13.1 Å². The number of carbonyl (C=O) groups excluding carboxylic acids is 1. The molecule has 2 N–H and O–H groups in total. The van der Waals surface area contributed by atoms with Crippen molar-refractivity contribution in [3.8, 4) is 0 Å². The van der Waals surface area contributed by atoms with E-state index < -0.39 is 5.91 Å². The highest BCUT2D eigenvalue weighted by Crippen LogP contribution is 2.45. The van der Waals surface area contributed by atoms with E-state index in [1.807, 2.05) is 0 Å². The highest BCUT2D eigenvalue weighted by Gasteiger charge is 2.47. The molecule has 2 saturated carbocycles. The van der Waals surface area contributed by atoms with Gasteiger partial charge in [-0.3, -0.25) is 19.8 Å². The number of hydroxylamine groups is 1. The average molecular weight is 373 g/mol. The lowest BCUT2D eigenvalue weighted by atomic mass is 9.74. The van der Waals surface area contributed by atoms with E-state index in [9.17, 15) is 9.18 Å². The Morgan fingerprint density at radius 2 is 1.85 bits per heavy atom. The maximum Gasteiger partial charge on any atom is 0.274 e. The van der Waals surface area contributed by atoms with Gasteiger partial charge >= 0.3 is 0 Å². The fourth-order valence-corrected chi connectivity index (χ4v) is 5.77. The molecule has 1 aromatic rings. The van der Waals surface area contributed by atoms with Crippen LogP contribution in [0.5, 0.6) is 0 Å². The molecule has 1 unspecified atom stereocenters. The van der Waals surface area contributed by atoms with Gasteiger partial charge < -0.3 is 0 Å². The molecule has 1 amide bonds. The van der Waals surface area contributed by atoms with Crippen LogP contribution in [0.15, 0.2) is 12.1 Å². The van der Waals surface area contributed by atoms with Gasteiger partial charge in [0, 0.05) is 48.9 Å². The third-order valence-corrected chi connectivity index (χ3v) is 7.23. The molecule has 0 spiro atoms. The minimum absolute atomic E-state index is 0.187. The van der Waals surface area contributed by atoms with Gasteiger partial charge in [-0.1, -0.05) is 0 Å². The SMILES string of the molecule is O=C(NO)c1cc(F)c2c(c1)CCN(CC1C3CCC(CC3)N1C1CC1)C2. The largest absolute Gasteiger partial charge is 0.297 e. The quantitative estimate of drug-likeness (QED) is 0.629. The van der Waals surface area contributed by atoms with Crippen molar-refractivity contribution in [2.24, 2.45) is 5.92 Å². The highest BCUT2D eigenvalue weighted by atomic mass is 19.1. The van der Waals surface area contributed by atoms with Crippen LogP contribution in [0.2, 0.25) is 0 Å². The van der Waals surface area contributed by atoms with Crippen molar-refractivity contribution in [3.63, 3.8) is 0 Å². The lowest BCUT2D eigenvalue weighted by Crippen LogP contribution is -2.59. The Labute approximate surface area is 159 Å². The van der Waals surface area contributed by atoms with Gasteiger partial charge in [0.2, 0.25) is 0 Å². The fraction of sp³-hybridized carbons (Fsp3) is 0.667. The number of hydrogen-bond donors (Lipinski definition) is 2. The predicted molar refractivity (Wildman–Crippen MR) is 99.0 cm³/mol. The summed E-state index contributed by atoms with van der Waals surface area (Å²) in [6, 6.07) is 5.18. The van der Waals surface area contributed by atoms with E-state index in [0.29, 0.717) is 12.6 Å². The molecule has 0 radical (unpaired) electrons. The lowest BCUT2D eigenvalue weighted by molar-refractivity contribution is -0.0355. The molecule has 4 fully saturated rings. The summed E-state index contributed by atoms with van der Waals surface area (Å²) in [6.45, 7) is 2.56. The first-order valence-corrected chi connectivity index (χ1v) is 10.4. The van der Waals surface area contributed by atoms with E-state index in [0.717, 1.165) is 48.6 Å². The first kappa shape index (κ1) is 17.6. The van der Waals surface area contributed by atoms with Crippen LogP contribution in [0.25, 0.3) is 0 Å². The first-order chi connectivity index (χ1) is 13.1. The van der Waals surface area contributed by atoms with Gasteiger partial charge in [0.15, 0.2) is 0 Å². The molecule has 1 atom stereocenters. The Kier molecular flexibility index (Phi) is 4.45. The van der Waals surface area contributed by atoms with Crippen LogP contribution in [0.1, 0.15) is 60.0 Å². The summed E-state index contributed by atoms with van der Waals surface area (Å²) in [6.07, 6.45) is 8.91. The smallest absolute Gasteiger partial charge is 0.274 e. The monoisotopic (exact) mass is 373 g/mol. The summed E-state index contributed by atoms with van der Waals surface area (Å²) in [5.41, 5.74) is 3.39. The van der Waals surface area contributed by atoms with E-state index in [2.05, 4.69) is 9.80 Å². The Bertz CT molecular complexity index is 743. The predicted octanol–water partition coefficient (Wildman–Crippen LogP) is 2.71. The van der Waals surface area contributed by atoms with E-state index in [1.165, 1.54) is 44.6 Å². The third kappa shape index (κ3) is 3.18. The molecule has 2 saturated heterocycles. The molecule has 6 rings (SSSR count). The lowest BCUT2D eigenvalue weighted by Gasteiger charge is -2.53. The van der Waals surface area contributed by atoms with Crippen molar-refractivity contribution in [3.05, 3.63) is 34.6 Å². The van der Waals surface area contributed by atoms with Crippen molar-refractivity contribution in [1.29, 1.82) is 0 Å². The number of nitrogens with one attached hydrogen (secondary N) is 1. The topological polar surface area (TPSA) is 55.8 Å². The molecule has 5 nitrogen and oxygen atoms in total. The molecule has 2 bridgehead atoms. The highest BCUT2D eigenvalue weighted by molar-refractivity contribution is 5.93. The number of fused-ring (bicyclic) bond motifs is 4. The number of nitrogens with zero attached hydrogens (tertiary/aromatic N) is 2. The van der Waals surface area contributed by atoms with Gasteiger partial charge in [-0.25, -0.2) is 9.87 Å². The van der Waals surface area contributed by atoms with E-state index in [1.54, 1.807) is 11.5 Å². The Hall–Kier alpha value is -1.50. The summed E-state index contributed by atoms with van der Waals surface area (Å²) in [5, 5.41) is 8.80. The molecule has 5 aliphatic rings. The molecule has 6 heteroatoms. The second-order valence-corrected chi connectivity index (χ2v) is 8.84. The zero-order chi connectivity index (χ0) is 18.5. The third-order valence-electron chi connectivity index (χ3n) is 7.23.